The maximum atomic E-state index is 12.7. The van der Waals surface area contributed by atoms with Gasteiger partial charge in [0.15, 0.2) is 17.3 Å². The van der Waals surface area contributed by atoms with Crippen molar-refractivity contribution in [2.45, 2.75) is 6.43 Å². The fourth-order valence-corrected chi connectivity index (χ4v) is 0.871. The molecule has 0 aliphatic rings. The molecule has 0 bridgehead atoms. The Morgan fingerprint density at radius 1 is 1.54 bits per heavy atom. The first-order valence-electron chi connectivity index (χ1n) is 3.34. The molecule has 1 aromatic rings. The van der Waals surface area contributed by atoms with Gasteiger partial charge in [0.1, 0.15) is 5.69 Å². The van der Waals surface area contributed by atoms with E-state index in [1.165, 1.54) is 0 Å². The van der Waals surface area contributed by atoms with Crippen molar-refractivity contribution < 1.29 is 17.9 Å². The molecule has 0 aromatic carbocycles. The number of methoxy groups -OCH3 is 1. The summed E-state index contributed by atoms with van der Waals surface area (Å²) in [6, 6.07) is 0. The molecule has 13 heavy (non-hydrogen) atoms. The lowest BCUT2D eigenvalue weighted by molar-refractivity contribution is 0.141. The molecule has 1 heterocycles. The number of aromatic nitrogens is 1. The number of nitrogens with zero attached hydrogens (tertiary/aromatic N) is 1. The van der Waals surface area contributed by atoms with Crippen LogP contribution >= 0.6 is 0 Å². The van der Waals surface area contributed by atoms with Crippen molar-refractivity contribution in [2.24, 2.45) is 0 Å². The Labute approximate surface area is 72.3 Å². The van der Waals surface area contributed by atoms with Crippen molar-refractivity contribution in [3.63, 3.8) is 0 Å². The maximum Gasteiger partial charge on any atom is 0.284 e. The van der Waals surface area contributed by atoms with E-state index in [4.69, 9.17) is 5.73 Å². The number of pyridine rings is 1. The molecule has 2 N–H and O–H groups in total. The van der Waals surface area contributed by atoms with E-state index in [9.17, 15) is 13.2 Å². The molecule has 0 atom stereocenters. The third kappa shape index (κ3) is 1.66. The average molecular weight is 192 g/mol. The van der Waals surface area contributed by atoms with E-state index >= 15 is 0 Å². The van der Waals surface area contributed by atoms with Crippen molar-refractivity contribution in [2.75, 3.05) is 12.8 Å². The highest BCUT2D eigenvalue weighted by atomic mass is 19.3. The summed E-state index contributed by atoms with van der Waals surface area (Å²) < 4.78 is 41.6. The Hall–Kier alpha value is -1.46. The third-order valence-electron chi connectivity index (χ3n) is 1.46. The van der Waals surface area contributed by atoms with Crippen LogP contribution in [0.15, 0.2) is 6.20 Å². The van der Waals surface area contributed by atoms with Crippen LogP contribution in [0.4, 0.5) is 18.9 Å². The van der Waals surface area contributed by atoms with Gasteiger partial charge in [-0.25, -0.2) is 18.2 Å². The van der Waals surface area contributed by atoms with Gasteiger partial charge in [-0.05, 0) is 0 Å². The van der Waals surface area contributed by atoms with Crippen molar-refractivity contribution >= 4 is 5.69 Å². The maximum absolute atomic E-state index is 12.7. The van der Waals surface area contributed by atoms with E-state index in [0.717, 1.165) is 7.11 Å². The highest BCUT2D eigenvalue weighted by molar-refractivity contribution is 5.55. The van der Waals surface area contributed by atoms with Gasteiger partial charge in [0.05, 0.1) is 13.3 Å². The molecule has 6 heteroatoms. The van der Waals surface area contributed by atoms with Crippen LogP contribution in [0, 0.1) is 5.82 Å². The smallest absolute Gasteiger partial charge is 0.284 e. The van der Waals surface area contributed by atoms with Gasteiger partial charge in [-0.2, -0.15) is 0 Å². The summed E-state index contributed by atoms with van der Waals surface area (Å²) in [5.74, 6) is -1.28. The lowest BCUT2D eigenvalue weighted by Gasteiger charge is -2.09. The zero-order chi connectivity index (χ0) is 10.0. The van der Waals surface area contributed by atoms with Gasteiger partial charge in [0.25, 0.3) is 6.43 Å². The van der Waals surface area contributed by atoms with Crippen LogP contribution in [-0.2, 0) is 0 Å². The SMILES string of the molecule is COc1c(C(F)F)ncc(F)c1N. The second kappa shape index (κ2) is 3.51. The second-order valence-corrected chi connectivity index (χ2v) is 2.24. The summed E-state index contributed by atoms with van der Waals surface area (Å²) in [6.45, 7) is 0. The molecule has 1 rings (SSSR count). The number of hydrogen-bond acceptors (Lipinski definition) is 3. The normalized spacial score (nSPS) is 10.5. The Morgan fingerprint density at radius 3 is 2.62 bits per heavy atom. The van der Waals surface area contributed by atoms with E-state index in [-0.39, 0.29) is 0 Å². The van der Waals surface area contributed by atoms with Crippen LogP contribution in [0.5, 0.6) is 5.75 Å². The van der Waals surface area contributed by atoms with Gasteiger partial charge in [0, 0.05) is 0 Å². The second-order valence-electron chi connectivity index (χ2n) is 2.24. The van der Waals surface area contributed by atoms with Crippen LogP contribution in [0.1, 0.15) is 12.1 Å². The Morgan fingerprint density at radius 2 is 2.15 bits per heavy atom. The summed E-state index contributed by atoms with van der Waals surface area (Å²) in [6.07, 6.45) is -2.20. The van der Waals surface area contributed by atoms with Gasteiger partial charge in [-0.15, -0.1) is 0 Å². The Kier molecular flexibility index (Phi) is 2.60. The molecule has 0 saturated heterocycles. The molecule has 0 spiro atoms. The standard InChI is InChI=1S/C7H7F3N2O/c1-13-6-4(11)3(8)2-12-5(6)7(9)10/h2,7H,1H3,(H2,11,12). The summed E-state index contributed by atoms with van der Waals surface area (Å²) in [5, 5.41) is 0. The molecule has 1 aromatic heterocycles. The average Bonchev–Trinajstić information content (AvgIpc) is 2.09. The van der Waals surface area contributed by atoms with Crippen molar-refractivity contribution in [1.29, 1.82) is 0 Å². The number of hydrogen-bond donors (Lipinski definition) is 1. The van der Waals surface area contributed by atoms with Crippen LogP contribution in [-0.4, -0.2) is 12.1 Å². The highest BCUT2D eigenvalue weighted by Crippen LogP contribution is 2.32. The highest BCUT2D eigenvalue weighted by Gasteiger charge is 2.20. The van der Waals surface area contributed by atoms with Crippen LogP contribution in [0.3, 0.4) is 0 Å². The zero-order valence-corrected chi connectivity index (χ0v) is 6.72. The summed E-state index contributed by atoms with van der Waals surface area (Å²) >= 11 is 0. The fraction of sp³-hybridized carbons (Fsp3) is 0.286. The molecule has 0 saturated carbocycles. The molecule has 3 nitrogen and oxygen atoms in total. The van der Waals surface area contributed by atoms with Crippen LogP contribution < -0.4 is 10.5 Å². The van der Waals surface area contributed by atoms with Crippen LogP contribution in [0.25, 0.3) is 0 Å². The van der Waals surface area contributed by atoms with Gasteiger partial charge >= 0.3 is 0 Å². The van der Waals surface area contributed by atoms with Gasteiger partial charge in [-0.1, -0.05) is 0 Å². The third-order valence-corrected chi connectivity index (χ3v) is 1.46. The first-order chi connectivity index (χ1) is 6.07. The number of nitrogens with two attached hydrogens (primary N) is 1. The first-order valence-corrected chi connectivity index (χ1v) is 3.34. The lowest BCUT2D eigenvalue weighted by atomic mass is 10.3. The minimum atomic E-state index is -2.84. The largest absolute Gasteiger partial charge is 0.492 e. The number of nitrogen functional groups attached to an aromatic ring is 1. The van der Waals surface area contributed by atoms with Gasteiger partial charge < -0.3 is 10.5 Å². The number of halogens is 3. The van der Waals surface area contributed by atoms with E-state index in [2.05, 4.69) is 9.72 Å². The fourth-order valence-electron chi connectivity index (χ4n) is 0.871. The van der Waals surface area contributed by atoms with Crippen molar-refractivity contribution in [3.05, 3.63) is 17.7 Å². The lowest BCUT2D eigenvalue weighted by Crippen LogP contribution is -2.03. The van der Waals surface area contributed by atoms with E-state index < -0.39 is 29.4 Å². The van der Waals surface area contributed by atoms with Crippen molar-refractivity contribution in [3.8, 4) is 5.75 Å². The molecule has 0 unspecified atom stereocenters. The minimum absolute atomic E-state index is 0.407. The Balaban J connectivity index is 3.30. The zero-order valence-electron chi connectivity index (χ0n) is 6.72. The topological polar surface area (TPSA) is 48.1 Å². The number of alkyl halides is 2. The summed E-state index contributed by atoms with van der Waals surface area (Å²) in [7, 11) is 1.12. The predicted octanol–water partition coefficient (Wildman–Crippen LogP) is 1.75. The van der Waals surface area contributed by atoms with Crippen molar-refractivity contribution in [1.82, 2.24) is 4.98 Å². The molecule has 0 aliphatic carbocycles. The quantitative estimate of drug-likeness (QED) is 0.776. The molecule has 0 amide bonds. The van der Waals surface area contributed by atoms with Gasteiger partial charge in [0.2, 0.25) is 0 Å². The number of anilines is 1. The molecular weight excluding hydrogens is 185 g/mol. The van der Waals surface area contributed by atoms with E-state index in [1.807, 2.05) is 0 Å². The number of ether oxygens (including phenoxy) is 1. The van der Waals surface area contributed by atoms with Crippen LogP contribution in [0.2, 0.25) is 0 Å². The predicted molar refractivity (Wildman–Crippen MR) is 40.1 cm³/mol. The summed E-state index contributed by atoms with van der Waals surface area (Å²) in [4.78, 5) is 3.18. The van der Waals surface area contributed by atoms with E-state index in [1.54, 1.807) is 0 Å². The van der Waals surface area contributed by atoms with Gasteiger partial charge in [-0.3, -0.25) is 0 Å². The molecule has 72 valence electrons. The molecule has 0 radical (unpaired) electrons. The molecular formula is C7H7F3N2O. The summed E-state index contributed by atoms with van der Waals surface area (Å²) in [5.41, 5.74) is 4.06. The minimum Gasteiger partial charge on any atom is -0.492 e. The first kappa shape index (κ1) is 9.63. The monoisotopic (exact) mass is 192 g/mol. The molecule has 0 aliphatic heterocycles. The Bertz CT molecular complexity index is 317. The van der Waals surface area contributed by atoms with E-state index in [0.29, 0.717) is 6.20 Å². The number of rotatable bonds is 2. The molecule has 0 fully saturated rings.